The normalized spacial score (nSPS) is 10.5. The molecule has 0 saturated heterocycles. The largest absolute Gasteiger partial charge is 0.494 e. The molecule has 0 fully saturated rings. The Morgan fingerprint density at radius 1 is 1.04 bits per heavy atom. The summed E-state index contributed by atoms with van der Waals surface area (Å²) in [7, 11) is 1.78. The van der Waals surface area contributed by atoms with Crippen molar-refractivity contribution >= 4 is 17.2 Å². The van der Waals surface area contributed by atoms with Gasteiger partial charge in [-0.2, -0.15) is 0 Å². The lowest BCUT2D eigenvalue weighted by atomic mass is 10.2. The van der Waals surface area contributed by atoms with E-state index in [1.54, 1.807) is 17.3 Å². The fourth-order valence-corrected chi connectivity index (χ4v) is 3.33. The second-order valence-electron chi connectivity index (χ2n) is 6.47. The van der Waals surface area contributed by atoms with Crippen molar-refractivity contribution in [2.24, 2.45) is 0 Å². The maximum Gasteiger partial charge on any atom is 0.273 e. The van der Waals surface area contributed by atoms with Crippen molar-refractivity contribution in [1.82, 2.24) is 9.88 Å². The highest BCUT2D eigenvalue weighted by Gasteiger charge is 2.16. The summed E-state index contributed by atoms with van der Waals surface area (Å²) in [6.45, 7) is 5.49. The molecule has 0 spiro atoms. The van der Waals surface area contributed by atoms with E-state index in [9.17, 15) is 4.79 Å². The van der Waals surface area contributed by atoms with Crippen molar-refractivity contribution in [1.29, 1.82) is 0 Å². The Morgan fingerprint density at radius 3 is 2.36 bits per heavy atom. The van der Waals surface area contributed by atoms with Crippen LogP contribution in [0.4, 0.5) is 0 Å². The van der Waals surface area contributed by atoms with Crippen LogP contribution in [-0.4, -0.2) is 29.4 Å². The molecule has 146 valence electrons. The zero-order valence-corrected chi connectivity index (χ0v) is 17.2. The molecule has 3 aromatic rings. The van der Waals surface area contributed by atoms with E-state index >= 15 is 0 Å². The first-order valence-corrected chi connectivity index (χ1v) is 10.0. The Hall–Kier alpha value is -2.86. The number of hydrogen-bond donors (Lipinski definition) is 0. The molecule has 0 atom stereocenters. The van der Waals surface area contributed by atoms with Crippen LogP contribution < -0.4 is 9.47 Å². The van der Waals surface area contributed by atoms with Gasteiger partial charge in [0.15, 0.2) is 0 Å². The molecule has 0 aliphatic heterocycles. The van der Waals surface area contributed by atoms with Crippen LogP contribution in [0.2, 0.25) is 0 Å². The SMILES string of the molecule is CCOc1ccc(CN(C)C(=O)c2csc(COc3ccc(C)cc3)n2)cc1. The van der Waals surface area contributed by atoms with Crippen molar-refractivity contribution < 1.29 is 14.3 Å². The van der Waals surface area contributed by atoms with Crippen molar-refractivity contribution in [2.45, 2.75) is 27.0 Å². The van der Waals surface area contributed by atoms with E-state index in [4.69, 9.17) is 9.47 Å². The van der Waals surface area contributed by atoms with Gasteiger partial charge in [-0.05, 0) is 43.7 Å². The van der Waals surface area contributed by atoms with Crippen LogP contribution in [0, 0.1) is 6.92 Å². The van der Waals surface area contributed by atoms with Gasteiger partial charge in [-0.25, -0.2) is 4.98 Å². The third kappa shape index (κ3) is 5.33. The van der Waals surface area contributed by atoms with Crippen molar-refractivity contribution in [3.8, 4) is 11.5 Å². The number of hydrogen-bond acceptors (Lipinski definition) is 5. The molecule has 0 aliphatic carbocycles. The maximum absolute atomic E-state index is 12.6. The van der Waals surface area contributed by atoms with Crippen LogP contribution in [0.1, 0.15) is 33.5 Å². The first kappa shape index (κ1) is 19.9. The number of benzene rings is 2. The smallest absolute Gasteiger partial charge is 0.273 e. The number of rotatable bonds is 8. The molecule has 5 nitrogen and oxygen atoms in total. The van der Waals surface area contributed by atoms with Crippen LogP contribution in [0.5, 0.6) is 11.5 Å². The lowest BCUT2D eigenvalue weighted by Crippen LogP contribution is -2.26. The molecule has 0 aliphatic rings. The summed E-state index contributed by atoms with van der Waals surface area (Å²) < 4.78 is 11.2. The monoisotopic (exact) mass is 396 g/mol. The van der Waals surface area contributed by atoms with Crippen molar-refractivity contribution in [3.05, 3.63) is 75.7 Å². The van der Waals surface area contributed by atoms with Gasteiger partial charge < -0.3 is 14.4 Å². The summed E-state index contributed by atoms with van der Waals surface area (Å²) in [5.41, 5.74) is 2.67. The summed E-state index contributed by atoms with van der Waals surface area (Å²) >= 11 is 1.43. The first-order valence-electron chi connectivity index (χ1n) is 9.16. The van der Waals surface area contributed by atoms with Gasteiger partial charge in [-0.15, -0.1) is 11.3 Å². The molecule has 0 bridgehead atoms. The maximum atomic E-state index is 12.6. The van der Waals surface area contributed by atoms with Crippen molar-refractivity contribution in [2.75, 3.05) is 13.7 Å². The number of amides is 1. The van der Waals surface area contributed by atoms with Gasteiger partial charge in [0.25, 0.3) is 5.91 Å². The zero-order chi connectivity index (χ0) is 19.9. The number of carbonyl (C=O) groups is 1. The predicted octanol–water partition coefficient (Wildman–Crippen LogP) is 4.70. The van der Waals surface area contributed by atoms with E-state index in [0.717, 1.165) is 22.1 Å². The van der Waals surface area contributed by atoms with Crippen LogP contribution in [0.3, 0.4) is 0 Å². The van der Waals surface area contributed by atoms with Gasteiger partial charge in [0, 0.05) is 19.0 Å². The first-order chi connectivity index (χ1) is 13.5. The zero-order valence-electron chi connectivity index (χ0n) is 16.3. The Balaban J connectivity index is 1.55. The molecule has 0 N–H and O–H groups in total. The Morgan fingerprint density at radius 2 is 1.68 bits per heavy atom. The molecule has 0 radical (unpaired) electrons. The fourth-order valence-electron chi connectivity index (χ4n) is 2.65. The number of carbonyl (C=O) groups excluding carboxylic acids is 1. The standard InChI is InChI=1S/C22H24N2O3S/c1-4-26-18-11-7-17(8-12-18)13-24(3)22(25)20-15-28-21(23-20)14-27-19-9-5-16(2)6-10-19/h5-12,15H,4,13-14H2,1-3H3. The van der Waals surface area contributed by atoms with Crippen molar-refractivity contribution in [3.63, 3.8) is 0 Å². The topological polar surface area (TPSA) is 51.7 Å². The number of thiazole rings is 1. The van der Waals surface area contributed by atoms with Crippen LogP contribution in [0.15, 0.2) is 53.9 Å². The average Bonchev–Trinajstić information content (AvgIpc) is 3.17. The van der Waals surface area contributed by atoms with Gasteiger partial charge in [0.1, 0.15) is 28.8 Å². The molecule has 6 heteroatoms. The highest BCUT2D eigenvalue weighted by atomic mass is 32.1. The predicted molar refractivity (Wildman–Crippen MR) is 111 cm³/mol. The highest BCUT2D eigenvalue weighted by Crippen LogP contribution is 2.18. The van der Waals surface area contributed by atoms with Gasteiger partial charge in [0.2, 0.25) is 0 Å². The average molecular weight is 397 g/mol. The quantitative estimate of drug-likeness (QED) is 0.554. The molecule has 0 unspecified atom stereocenters. The minimum absolute atomic E-state index is 0.105. The van der Waals surface area contributed by atoms with E-state index < -0.39 is 0 Å². The number of nitrogens with zero attached hydrogens (tertiary/aromatic N) is 2. The van der Waals surface area contributed by atoms with Gasteiger partial charge in [-0.1, -0.05) is 29.8 Å². The molecule has 1 heterocycles. The Labute approximate surface area is 169 Å². The van der Waals surface area contributed by atoms with E-state index in [1.807, 2.05) is 62.4 Å². The third-order valence-electron chi connectivity index (χ3n) is 4.15. The molecule has 1 amide bonds. The minimum Gasteiger partial charge on any atom is -0.494 e. The van der Waals surface area contributed by atoms with E-state index in [0.29, 0.717) is 25.5 Å². The lowest BCUT2D eigenvalue weighted by molar-refractivity contribution is 0.0779. The van der Waals surface area contributed by atoms with Gasteiger partial charge in [0.05, 0.1) is 6.61 Å². The summed E-state index contributed by atoms with van der Waals surface area (Å²) in [6.07, 6.45) is 0. The van der Waals surface area contributed by atoms with E-state index in [1.165, 1.54) is 16.9 Å². The van der Waals surface area contributed by atoms with Crippen LogP contribution in [-0.2, 0) is 13.2 Å². The molecule has 0 saturated carbocycles. The van der Waals surface area contributed by atoms with Crippen LogP contribution >= 0.6 is 11.3 Å². The molecule has 2 aromatic carbocycles. The second-order valence-corrected chi connectivity index (χ2v) is 7.41. The van der Waals surface area contributed by atoms with E-state index in [2.05, 4.69) is 4.98 Å². The van der Waals surface area contributed by atoms with E-state index in [-0.39, 0.29) is 5.91 Å². The summed E-state index contributed by atoms with van der Waals surface area (Å²) in [5, 5.41) is 2.56. The lowest BCUT2D eigenvalue weighted by Gasteiger charge is -2.16. The van der Waals surface area contributed by atoms with Gasteiger partial charge >= 0.3 is 0 Å². The van der Waals surface area contributed by atoms with Crippen LogP contribution in [0.25, 0.3) is 0 Å². The fraction of sp³-hybridized carbons (Fsp3) is 0.273. The number of ether oxygens (including phenoxy) is 2. The minimum atomic E-state index is -0.105. The molecular weight excluding hydrogens is 372 g/mol. The Kier molecular flexibility index (Phi) is 6.66. The summed E-state index contributed by atoms with van der Waals surface area (Å²) in [5.74, 6) is 1.52. The Bertz CT molecular complexity index is 904. The summed E-state index contributed by atoms with van der Waals surface area (Å²) in [4.78, 5) is 18.7. The molecular formula is C22H24N2O3S. The number of aryl methyl sites for hydroxylation is 1. The highest BCUT2D eigenvalue weighted by molar-refractivity contribution is 7.09. The molecule has 1 aromatic heterocycles. The molecule has 28 heavy (non-hydrogen) atoms. The third-order valence-corrected chi connectivity index (χ3v) is 4.98. The second kappa shape index (κ2) is 9.37. The molecule has 3 rings (SSSR count). The van der Waals surface area contributed by atoms with Gasteiger partial charge in [-0.3, -0.25) is 4.79 Å². The number of aromatic nitrogens is 1. The summed E-state index contributed by atoms with van der Waals surface area (Å²) in [6, 6.07) is 15.6.